The number of anilines is 1. The van der Waals surface area contributed by atoms with Gasteiger partial charge in [-0.2, -0.15) is 0 Å². The first-order chi connectivity index (χ1) is 12.6. The number of benzene rings is 2. The van der Waals surface area contributed by atoms with E-state index >= 15 is 0 Å². The molecule has 26 heavy (non-hydrogen) atoms. The number of methoxy groups -OCH3 is 2. The SMILES string of the molecule is COc1ccc(C[C@H](C)N2CCN(c3cccc(Cl)c3)CC2)cc1OC. The average molecular weight is 375 g/mol. The van der Waals surface area contributed by atoms with Crippen LogP contribution in [0.3, 0.4) is 0 Å². The molecule has 2 aromatic rings. The Morgan fingerprint density at radius 1 is 0.962 bits per heavy atom. The lowest BCUT2D eigenvalue weighted by atomic mass is 10.0. The Hall–Kier alpha value is -1.91. The standard InChI is InChI=1S/C21H27ClN2O2/c1-16(13-17-7-8-20(25-2)21(14-17)26-3)23-9-11-24(12-10-23)19-6-4-5-18(22)15-19/h4-8,14-16H,9-13H2,1-3H3/t16-/m0/s1. The van der Waals surface area contributed by atoms with Gasteiger partial charge in [0.25, 0.3) is 0 Å². The zero-order valence-corrected chi connectivity index (χ0v) is 16.5. The zero-order chi connectivity index (χ0) is 18.5. The van der Waals surface area contributed by atoms with Crippen LogP contribution >= 0.6 is 11.6 Å². The molecule has 1 aliphatic heterocycles. The number of ether oxygens (including phenoxy) is 2. The molecule has 1 aliphatic rings. The van der Waals surface area contributed by atoms with Crippen molar-refractivity contribution in [2.45, 2.75) is 19.4 Å². The lowest BCUT2D eigenvalue weighted by molar-refractivity contribution is 0.196. The molecule has 0 amide bonds. The Bertz CT molecular complexity index is 730. The van der Waals surface area contributed by atoms with Crippen molar-refractivity contribution in [2.75, 3.05) is 45.3 Å². The van der Waals surface area contributed by atoms with Crippen molar-refractivity contribution in [1.82, 2.24) is 4.90 Å². The van der Waals surface area contributed by atoms with E-state index in [0.717, 1.165) is 49.1 Å². The van der Waals surface area contributed by atoms with Crippen molar-refractivity contribution in [3.8, 4) is 11.5 Å². The van der Waals surface area contributed by atoms with E-state index in [9.17, 15) is 0 Å². The molecule has 1 fully saturated rings. The summed E-state index contributed by atoms with van der Waals surface area (Å²) in [5.74, 6) is 1.57. The first kappa shape index (κ1) is 18.9. The Labute approximate surface area is 161 Å². The number of piperazine rings is 1. The molecule has 140 valence electrons. The van der Waals surface area contributed by atoms with Gasteiger partial charge in [-0.25, -0.2) is 0 Å². The van der Waals surface area contributed by atoms with E-state index in [0.29, 0.717) is 6.04 Å². The van der Waals surface area contributed by atoms with Crippen LogP contribution in [-0.2, 0) is 6.42 Å². The minimum absolute atomic E-state index is 0.481. The lowest BCUT2D eigenvalue weighted by Crippen LogP contribution is -2.50. The van der Waals surface area contributed by atoms with Crippen LogP contribution < -0.4 is 14.4 Å². The number of hydrogen-bond acceptors (Lipinski definition) is 4. The molecule has 0 saturated carbocycles. The first-order valence-electron chi connectivity index (χ1n) is 9.06. The highest BCUT2D eigenvalue weighted by atomic mass is 35.5. The van der Waals surface area contributed by atoms with Gasteiger partial charge in [0.2, 0.25) is 0 Å². The fourth-order valence-electron chi connectivity index (χ4n) is 3.57. The predicted molar refractivity (Wildman–Crippen MR) is 108 cm³/mol. The van der Waals surface area contributed by atoms with E-state index in [1.807, 2.05) is 24.3 Å². The quantitative estimate of drug-likeness (QED) is 0.759. The summed E-state index contributed by atoms with van der Waals surface area (Å²) in [6.45, 7) is 6.46. The van der Waals surface area contributed by atoms with Crippen molar-refractivity contribution in [2.24, 2.45) is 0 Å². The van der Waals surface area contributed by atoms with Crippen molar-refractivity contribution in [3.63, 3.8) is 0 Å². The Kier molecular flexibility index (Phi) is 6.28. The maximum absolute atomic E-state index is 6.12. The van der Waals surface area contributed by atoms with E-state index in [4.69, 9.17) is 21.1 Å². The molecule has 4 nitrogen and oxygen atoms in total. The molecule has 0 aliphatic carbocycles. The molecule has 5 heteroatoms. The number of halogens is 1. The topological polar surface area (TPSA) is 24.9 Å². The molecule has 0 N–H and O–H groups in total. The summed E-state index contributed by atoms with van der Waals surface area (Å²) >= 11 is 6.12. The van der Waals surface area contributed by atoms with Gasteiger partial charge in [-0.1, -0.05) is 23.7 Å². The van der Waals surface area contributed by atoms with Crippen molar-refractivity contribution in [3.05, 3.63) is 53.1 Å². The highest BCUT2D eigenvalue weighted by Crippen LogP contribution is 2.28. The van der Waals surface area contributed by atoms with Crippen LogP contribution in [0.15, 0.2) is 42.5 Å². The summed E-state index contributed by atoms with van der Waals surface area (Å²) in [6.07, 6.45) is 0.998. The van der Waals surface area contributed by atoms with Crippen molar-refractivity contribution < 1.29 is 9.47 Å². The average Bonchev–Trinajstić information content (AvgIpc) is 2.68. The van der Waals surface area contributed by atoms with Gasteiger partial charge >= 0.3 is 0 Å². The van der Waals surface area contributed by atoms with Crippen LogP contribution in [0.4, 0.5) is 5.69 Å². The molecule has 0 spiro atoms. The van der Waals surface area contributed by atoms with E-state index in [-0.39, 0.29) is 0 Å². The van der Waals surface area contributed by atoms with E-state index < -0.39 is 0 Å². The monoisotopic (exact) mass is 374 g/mol. The second-order valence-electron chi connectivity index (χ2n) is 6.75. The normalized spacial score (nSPS) is 16.4. The van der Waals surface area contributed by atoms with Gasteiger partial charge in [0.15, 0.2) is 11.5 Å². The molecule has 3 rings (SSSR count). The maximum Gasteiger partial charge on any atom is 0.160 e. The van der Waals surface area contributed by atoms with Gasteiger partial charge in [-0.05, 0) is 49.2 Å². The molecule has 1 atom stereocenters. The molecular weight excluding hydrogens is 348 g/mol. The van der Waals surface area contributed by atoms with Gasteiger partial charge in [0, 0.05) is 42.9 Å². The van der Waals surface area contributed by atoms with Gasteiger partial charge < -0.3 is 14.4 Å². The minimum atomic E-state index is 0.481. The lowest BCUT2D eigenvalue weighted by Gasteiger charge is -2.39. The summed E-state index contributed by atoms with van der Waals surface area (Å²) in [5.41, 5.74) is 2.48. The molecule has 0 unspecified atom stereocenters. The zero-order valence-electron chi connectivity index (χ0n) is 15.7. The van der Waals surface area contributed by atoms with Gasteiger partial charge in [0.05, 0.1) is 14.2 Å². The van der Waals surface area contributed by atoms with E-state index in [1.165, 1.54) is 11.3 Å². The third-order valence-corrected chi connectivity index (χ3v) is 5.33. The van der Waals surface area contributed by atoms with Crippen molar-refractivity contribution in [1.29, 1.82) is 0 Å². The number of nitrogens with zero attached hydrogens (tertiary/aromatic N) is 2. The smallest absolute Gasteiger partial charge is 0.160 e. The molecule has 0 aromatic heterocycles. The Morgan fingerprint density at radius 2 is 1.69 bits per heavy atom. The predicted octanol–water partition coefficient (Wildman–Crippen LogP) is 4.11. The van der Waals surface area contributed by atoms with Crippen LogP contribution in [0.25, 0.3) is 0 Å². The van der Waals surface area contributed by atoms with Gasteiger partial charge in [-0.15, -0.1) is 0 Å². The number of hydrogen-bond donors (Lipinski definition) is 0. The summed E-state index contributed by atoms with van der Waals surface area (Å²) in [6, 6.07) is 14.8. The molecule has 0 bridgehead atoms. The van der Waals surface area contributed by atoms with E-state index in [1.54, 1.807) is 14.2 Å². The summed E-state index contributed by atoms with van der Waals surface area (Å²) in [4.78, 5) is 4.96. The molecule has 0 radical (unpaired) electrons. The van der Waals surface area contributed by atoms with Crippen LogP contribution in [0.2, 0.25) is 5.02 Å². The molecular formula is C21H27ClN2O2. The van der Waals surface area contributed by atoms with Crippen LogP contribution in [-0.4, -0.2) is 51.3 Å². The Morgan fingerprint density at radius 3 is 2.35 bits per heavy atom. The van der Waals surface area contributed by atoms with Crippen LogP contribution in [0.1, 0.15) is 12.5 Å². The molecule has 1 saturated heterocycles. The minimum Gasteiger partial charge on any atom is -0.493 e. The fraction of sp³-hybridized carbons (Fsp3) is 0.429. The third kappa shape index (κ3) is 4.43. The number of rotatable bonds is 6. The molecule has 2 aromatic carbocycles. The summed E-state index contributed by atoms with van der Waals surface area (Å²) < 4.78 is 10.7. The van der Waals surface area contributed by atoms with Crippen LogP contribution in [0, 0.1) is 0 Å². The van der Waals surface area contributed by atoms with E-state index in [2.05, 4.69) is 34.9 Å². The summed E-state index contributed by atoms with van der Waals surface area (Å²) in [5, 5.41) is 0.798. The van der Waals surface area contributed by atoms with Crippen molar-refractivity contribution >= 4 is 17.3 Å². The summed E-state index contributed by atoms with van der Waals surface area (Å²) in [7, 11) is 3.35. The third-order valence-electron chi connectivity index (χ3n) is 5.09. The largest absolute Gasteiger partial charge is 0.493 e. The van der Waals surface area contributed by atoms with Crippen LogP contribution in [0.5, 0.6) is 11.5 Å². The maximum atomic E-state index is 6.12. The highest BCUT2D eigenvalue weighted by Gasteiger charge is 2.22. The first-order valence-corrected chi connectivity index (χ1v) is 9.44. The second-order valence-corrected chi connectivity index (χ2v) is 7.18. The van der Waals surface area contributed by atoms with Gasteiger partial charge in [-0.3, -0.25) is 4.90 Å². The Balaban J connectivity index is 1.57. The highest BCUT2D eigenvalue weighted by molar-refractivity contribution is 6.30. The molecule has 1 heterocycles. The van der Waals surface area contributed by atoms with Gasteiger partial charge in [0.1, 0.15) is 0 Å². The second kappa shape index (κ2) is 8.65. The fourth-order valence-corrected chi connectivity index (χ4v) is 3.76.